The van der Waals surface area contributed by atoms with Crippen LogP contribution in [0.25, 0.3) is 27.8 Å². The van der Waals surface area contributed by atoms with Crippen molar-refractivity contribution < 1.29 is 0 Å². The highest BCUT2D eigenvalue weighted by atomic mass is 15.1. The standard InChI is InChI=1S/C23H27N5.C2H6.C2H4/c1-14-5-4-6-16-13-17(26-18(14)16)19-20-21(24)25-11-12-28(20)22(27-19)15-7-9-23(2,3)10-8-15;2*1-2/h4-6,11-13,15,26H,7-10H2,1-3H3,(H2,24,25);1-2H3;1-2H2. The number of nitrogens with one attached hydrogen (secondary N) is 1. The number of imidazole rings is 1. The minimum absolute atomic E-state index is 0.432. The van der Waals surface area contributed by atoms with Crippen molar-refractivity contribution in [1.29, 1.82) is 0 Å². The first-order valence-corrected chi connectivity index (χ1v) is 11.6. The first-order chi connectivity index (χ1) is 15.4. The maximum atomic E-state index is 6.32. The summed E-state index contributed by atoms with van der Waals surface area (Å²) in [5.74, 6) is 2.11. The average Bonchev–Trinajstić information content (AvgIpc) is 3.40. The molecule has 5 heteroatoms. The van der Waals surface area contributed by atoms with Crippen LogP contribution in [0, 0.1) is 12.3 Å². The lowest BCUT2D eigenvalue weighted by atomic mass is 9.73. The summed E-state index contributed by atoms with van der Waals surface area (Å²) in [6, 6.07) is 8.52. The fourth-order valence-corrected chi connectivity index (χ4v) is 4.66. The lowest BCUT2D eigenvalue weighted by Gasteiger charge is -2.33. The number of hydrogen-bond acceptors (Lipinski definition) is 3. The molecule has 3 N–H and O–H groups in total. The van der Waals surface area contributed by atoms with Crippen LogP contribution in [0.15, 0.2) is 49.8 Å². The van der Waals surface area contributed by atoms with Gasteiger partial charge in [-0.25, -0.2) is 9.97 Å². The number of nitrogens with two attached hydrogens (primary N) is 1. The zero-order valence-corrected chi connectivity index (χ0v) is 20.2. The van der Waals surface area contributed by atoms with Crippen LogP contribution < -0.4 is 5.73 Å². The smallest absolute Gasteiger partial charge is 0.150 e. The molecule has 1 aromatic carbocycles. The van der Waals surface area contributed by atoms with Crippen molar-refractivity contribution in [2.75, 3.05) is 5.73 Å². The van der Waals surface area contributed by atoms with Gasteiger partial charge in [0.2, 0.25) is 0 Å². The number of H-pyrrole nitrogens is 1. The minimum atomic E-state index is 0.432. The molecule has 3 aromatic heterocycles. The normalized spacial score (nSPS) is 15.7. The van der Waals surface area contributed by atoms with E-state index in [1.165, 1.54) is 36.6 Å². The van der Waals surface area contributed by atoms with Crippen LogP contribution >= 0.6 is 0 Å². The fraction of sp³-hybridized carbons (Fsp3) is 0.407. The van der Waals surface area contributed by atoms with Gasteiger partial charge in [-0.15, -0.1) is 13.2 Å². The lowest BCUT2D eigenvalue weighted by molar-refractivity contribution is 0.220. The van der Waals surface area contributed by atoms with Crippen LogP contribution in [-0.2, 0) is 0 Å². The molecule has 170 valence electrons. The molecular formula is C27H37N5. The molecule has 0 spiro atoms. The van der Waals surface area contributed by atoms with Crippen molar-refractivity contribution in [2.45, 2.75) is 66.2 Å². The van der Waals surface area contributed by atoms with E-state index >= 15 is 0 Å². The molecule has 4 aromatic rings. The highest BCUT2D eigenvalue weighted by Crippen LogP contribution is 2.43. The summed E-state index contributed by atoms with van der Waals surface area (Å²) in [6.45, 7) is 16.9. The minimum Gasteiger partial charge on any atom is -0.382 e. The van der Waals surface area contributed by atoms with Crippen molar-refractivity contribution in [1.82, 2.24) is 19.4 Å². The van der Waals surface area contributed by atoms with Gasteiger partial charge >= 0.3 is 0 Å². The molecule has 1 aliphatic rings. The Labute approximate surface area is 191 Å². The second-order valence-corrected chi connectivity index (χ2v) is 9.01. The van der Waals surface area contributed by atoms with Gasteiger partial charge in [-0.1, -0.05) is 45.9 Å². The van der Waals surface area contributed by atoms with Gasteiger partial charge in [-0.2, -0.15) is 0 Å². The van der Waals surface area contributed by atoms with Crippen LogP contribution in [0.4, 0.5) is 5.82 Å². The number of aryl methyl sites for hydroxylation is 1. The molecule has 3 heterocycles. The van der Waals surface area contributed by atoms with Gasteiger partial charge in [0.25, 0.3) is 0 Å². The monoisotopic (exact) mass is 431 g/mol. The van der Waals surface area contributed by atoms with E-state index in [0.717, 1.165) is 28.2 Å². The fourth-order valence-electron chi connectivity index (χ4n) is 4.66. The number of para-hydroxylation sites is 1. The Bertz CT molecular complexity index is 1190. The van der Waals surface area contributed by atoms with Crippen LogP contribution in [0.5, 0.6) is 0 Å². The third-order valence-corrected chi connectivity index (χ3v) is 6.43. The summed E-state index contributed by atoms with van der Waals surface area (Å²) in [5.41, 5.74) is 12.0. The number of fused-ring (bicyclic) bond motifs is 2. The second-order valence-electron chi connectivity index (χ2n) is 9.01. The number of nitrogen functional groups attached to an aromatic ring is 1. The van der Waals surface area contributed by atoms with E-state index in [0.29, 0.717) is 17.2 Å². The Morgan fingerprint density at radius 3 is 2.50 bits per heavy atom. The summed E-state index contributed by atoms with van der Waals surface area (Å²) in [6.07, 6.45) is 8.58. The Hall–Kier alpha value is -3.08. The second kappa shape index (κ2) is 9.60. The van der Waals surface area contributed by atoms with Crippen molar-refractivity contribution in [3.63, 3.8) is 0 Å². The maximum absolute atomic E-state index is 6.32. The predicted molar refractivity (Wildman–Crippen MR) is 137 cm³/mol. The van der Waals surface area contributed by atoms with Crippen LogP contribution in [0.2, 0.25) is 0 Å². The molecule has 0 aliphatic heterocycles. The summed E-state index contributed by atoms with van der Waals surface area (Å²) in [5, 5.41) is 1.19. The molecule has 0 bridgehead atoms. The molecule has 1 fully saturated rings. The Kier molecular flexibility index (Phi) is 7.07. The molecular weight excluding hydrogens is 394 g/mol. The quantitative estimate of drug-likeness (QED) is 0.328. The van der Waals surface area contributed by atoms with E-state index in [9.17, 15) is 0 Å². The highest BCUT2D eigenvalue weighted by molar-refractivity contribution is 5.92. The molecule has 5 nitrogen and oxygen atoms in total. The SMILES string of the molecule is C=C.CC.Cc1cccc2cc(-c3nc(C4CCC(C)(C)CC4)n4ccnc(N)c34)[nH]c12. The van der Waals surface area contributed by atoms with Gasteiger partial charge in [0.05, 0.1) is 5.69 Å². The van der Waals surface area contributed by atoms with Crippen LogP contribution in [0.3, 0.4) is 0 Å². The molecule has 32 heavy (non-hydrogen) atoms. The first-order valence-electron chi connectivity index (χ1n) is 11.6. The highest BCUT2D eigenvalue weighted by Gasteiger charge is 2.31. The number of rotatable bonds is 2. The van der Waals surface area contributed by atoms with Crippen LogP contribution in [-0.4, -0.2) is 19.4 Å². The summed E-state index contributed by atoms with van der Waals surface area (Å²) >= 11 is 0. The lowest BCUT2D eigenvalue weighted by Crippen LogP contribution is -2.21. The summed E-state index contributed by atoms with van der Waals surface area (Å²) < 4.78 is 2.17. The number of anilines is 1. The van der Waals surface area contributed by atoms with Crippen LogP contribution in [0.1, 0.15) is 70.7 Å². The third kappa shape index (κ3) is 4.29. The van der Waals surface area contributed by atoms with E-state index in [1.807, 2.05) is 20.0 Å². The number of hydrogen-bond donors (Lipinski definition) is 2. The van der Waals surface area contributed by atoms with E-state index in [2.05, 4.69) is 72.6 Å². The third-order valence-electron chi connectivity index (χ3n) is 6.43. The molecule has 0 unspecified atom stereocenters. The average molecular weight is 432 g/mol. The van der Waals surface area contributed by atoms with Crippen molar-refractivity contribution >= 4 is 22.2 Å². The van der Waals surface area contributed by atoms with E-state index in [4.69, 9.17) is 10.7 Å². The summed E-state index contributed by atoms with van der Waals surface area (Å²) in [4.78, 5) is 13.0. The number of aromatic amines is 1. The van der Waals surface area contributed by atoms with Crippen molar-refractivity contribution in [2.24, 2.45) is 5.41 Å². The van der Waals surface area contributed by atoms with Gasteiger partial charge in [0, 0.05) is 29.2 Å². The van der Waals surface area contributed by atoms with Gasteiger partial charge in [0.1, 0.15) is 22.9 Å². The number of aromatic nitrogens is 4. The number of benzene rings is 1. The van der Waals surface area contributed by atoms with E-state index in [-0.39, 0.29) is 0 Å². The number of nitrogens with zero attached hydrogens (tertiary/aromatic N) is 3. The maximum Gasteiger partial charge on any atom is 0.150 e. The largest absolute Gasteiger partial charge is 0.382 e. The Morgan fingerprint density at radius 2 is 1.84 bits per heavy atom. The summed E-state index contributed by atoms with van der Waals surface area (Å²) in [7, 11) is 0. The molecule has 0 amide bonds. The first kappa shape index (κ1) is 23.6. The Balaban J connectivity index is 0.000000686. The molecule has 5 rings (SSSR count). The molecule has 1 aliphatic carbocycles. The van der Waals surface area contributed by atoms with Gasteiger partial charge in [-0.3, -0.25) is 4.40 Å². The van der Waals surface area contributed by atoms with Crippen molar-refractivity contribution in [3.8, 4) is 11.4 Å². The molecule has 0 atom stereocenters. The Morgan fingerprint density at radius 1 is 1.16 bits per heavy atom. The molecule has 0 radical (unpaired) electrons. The van der Waals surface area contributed by atoms with Crippen molar-refractivity contribution in [3.05, 3.63) is 61.2 Å². The molecule has 0 saturated heterocycles. The topological polar surface area (TPSA) is 72.0 Å². The predicted octanol–water partition coefficient (Wildman–Crippen LogP) is 7.28. The van der Waals surface area contributed by atoms with Gasteiger partial charge in [-0.05, 0) is 49.7 Å². The van der Waals surface area contributed by atoms with E-state index < -0.39 is 0 Å². The van der Waals surface area contributed by atoms with Gasteiger partial charge in [0.15, 0.2) is 0 Å². The zero-order valence-electron chi connectivity index (χ0n) is 20.2. The zero-order chi connectivity index (χ0) is 23.5. The van der Waals surface area contributed by atoms with E-state index in [1.54, 1.807) is 6.20 Å². The van der Waals surface area contributed by atoms with Gasteiger partial charge < -0.3 is 10.7 Å². The molecule has 1 saturated carbocycles.